The van der Waals surface area contributed by atoms with E-state index in [4.69, 9.17) is 10.5 Å². The van der Waals surface area contributed by atoms with Crippen molar-refractivity contribution in [1.29, 1.82) is 10.5 Å². The standard InChI is InChI=1S/C17H10N4O/c18-9-20-16-12-3-1-2-4-13(12)17(21-10-19)15-7-11(8-22)5-6-14(15)16/h1-7,22H,8H2. The topological polar surface area (TPSA) is 92.5 Å². The average Bonchev–Trinajstić information content (AvgIpc) is 2.57. The number of aliphatic imine (C=N–C) groups is 2. The van der Waals surface area contributed by atoms with Gasteiger partial charge in [0.25, 0.3) is 0 Å². The molecular formula is C17H10N4O. The molecule has 1 aliphatic carbocycles. The van der Waals surface area contributed by atoms with E-state index in [1.54, 1.807) is 18.2 Å². The van der Waals surface area contributed by atoms with Crippen LogP contribution in [-0.4, -0.2) is 16.5 Å². The Hall–Kier alpha value is -3.28. The van der Waals surface area contributed by atoms with Crippen molar-refractivity contribution in [2.24, 2.45) is 9.98 Å². The van der Waals surface area contributed by atoms with Gasteiger partial charge in [-0.05, 0) is 11.6 Å². The highest BCUT2D eigenvalue weighted by molar-refractivity contribution is 6.32. The SMILES string of the molecule is N#CN=C1c2ccccc2C(=NC#N)c2cc(CO)ccc21. The van der Waals surface area contributed by atoms with Crippen molar-refractivity contribution in [3.05, 3.63) is 70.3 Å². The minimum absolute atomic E-state index is 0.112. The van der Waals surface area contributed by atoms with E-state index in [0.29, 0.717) is 22.6 Å². The Kier molecular flexibility index (Phi) is 3.49. The van der Waals surface area contributed by atoms with E-state index in [1.807, 2.05) is 36.7 Å². The van der Waals surface area contributed by atoms with Gasteiger partial charge in [-0.15, -0.1) is 0 Å². The fourth-order valence-corrected chi connectivity index (χ4v) is 2.62. The number of aliphatic hydroxyl groups is 1. The van der Waals surface area contributed by atoms with Crippen molar-refractivity contribution in [2.75, 3.05) is 0 Å². The van der Waals surface area contributed by atoms with Gasteiger partial charge in [-0.1, -0.05) is 36.4 Å². The molecule has 0 heterocycles. The van der Waals surface area contributed by atoms with Gasteiger partial charge >= 0.3 is 0 Å². The molecule has 0 aliphatic heterocycles. The van der Waals surface area contributed by atoms with Crippen LogP contribution in [0.4, 0.5) is 0 Å². The summed E-state index contributed by atoms with van der Waals surface area (Å²) in [4.78, 5) is 7.88. The number of fused-ring (bicyclic) bond motifs is 2. The third kappa shape index (κ3) is 2.07. The highest BCUT2D eigenvalue weighted by Gasteiger charge is 2.26. The Balaban J connectivity index is 2.39. The van der Waals surface area contributed by atoms with E-state index >= 15 is 0 Å². The van der Waals surface area contributed by atoms with E-state index < -0.39 is 0 Å². The molecule has 0 amide bonds. The third-order valence-electron chi connectivity index (χ3n) is 3.54. The van der Waals surface area contributed by atoms with Gasteiger partial charge in [0.1, 0.15) is 0 Å². The van der Waals surface area contributed by atoms with Gasteiger partial charge in [0.05, 0.1) is 18.0 Å². The first-order valence-corrected chi connectivity index (χ1v) is 6.58. The summed E-state index contributed by atoms with van der Waals surface area (Å²) >= 11 is 0. The van der Waals surface area contributed by atoms with Crippen LogP contribution in [0, 0.1) is 22.9 Å². The Morgan fingerprint density at radius 2 is 1.36 bits per heavy atom. The zero-order chi connectivity index (χ0) is 15.5. The van der Waals surface area contributed by atoms with Crippen LogP contribution in [0.25, 0.3) is 0 Å². The van der Waals surface area contributed by atoms with Gasteiger partial charge < -0.3 is 5.11 Å². The molecule has 0 bridgehead atoms. The fourth-order valence-electron chi connectivity index (χ4n) is 2.62. The first-order chi connectivity index (χ1) is 10.8. The van der Waals surface area contributed by atoms with Gasteiger partial charge in [-0.2, -0.15) is 20.5 Å². The van der Waals surface area contributed by atoms with Crippen LogP contribution in [0.15, 0.2) is 52.4 Å². The van der Waals surface area contributed by atoms with Crippen LogP contribution in [0.5, 0.6) is 0 Å². The van der Waals surface area contributed by atoms with Crippen molar-refractivity contribution in [2.45, 2.75) is 6.61 Å². The summed E-state index contributed by atoms with van der Waals surface area (Å²) in [6.07, 6.45) is 3.65. The molecule has 0 unspecified atom stereocenters. The summed E-state index contributed by atoms with van der Waals surface area (Å²) in [5.41, 5.74) is 4.73. The van der Waals surface area contributed by atoms with Gasteiger partial charge in [-0.3, -0.25) is 0 Å². The van der Waals surface area contributed by atoms with E-state index in [0.717, 1.165) is 16.7 Å². The Morgan fingerprint density at radius 1 is 0.818 bits per heavy atom. The van der Waals surface area contributed by atoms with Gasteiger partial charge in [0, 0.05) is 22.3 Å². The normalized spacial score (nSPS) is 15.8. The molecule has 3 rings (SSSR count). The molecule has 5 heteroatoms. The van der Waals surface area contributed by atoms with Crippen molar-refractivity contribution in [3.63, 3.8) is 0 Å². The van der Waals surface area contributed by atoms with Crippen LogP contribution >= 0.6 is 0 Å². The second kappa shape index (κ2) is 5.61. The fraction of sp³-hybridized carbons (Fsp3) is 0.0588. The molecule has 0 aromatic heterocycles. The Bertz CT molecular complexity index is 898. The van der Waals surface area contributed by atoms with Gasteiger partial charge in [0.15, 0.2) is 0 Å². The molecule has 2 aromatic rings. The summed E-state index contributed by atoms with van der Waals surface area (Å²) in [5.74, 6) is 0. The maximum atomic E-state index is 9.33. The third-order valence-corrected chi connectivity index (χ3v) is 3.54. The Morgan fingerprint density at radius 3 is 1.91 bits per heavy atom. The summed E-state index contributed by atoms with van der Waals surface area (Å²) in [7, 11) is 0. The Labute approximate surface area is 127 Å². The van der Waals surface area contributed by atoms with Gasteiger partial charge in [0.2, 0.25) is 12.4 Å². The largest absolute Gasteiger partial charge is 0.392 e. The molecule has 104 valence electrons. The summed E-state index contributed by atoms with van der Waals surface area (Å²) in [5, 5.41) is 27.3. The molecule has 22 heavy (non-hydrogen) atoms. The zero-order valence-corrected chi connectivity index (χ0v) is 11.5. The zero-order valence-electron chi connectivity index (χ0n) is 11.5. The van der Waals surface area contributed by atoms with Gasteiger partial charge in [-0.25, -0.2) is 0 Å². The lowest BCUT2D eigenvalue weighted by atomic mass is 9.82. The predicted molar refractivity (Wildman–Crippen MR) is 81.3 cm³/mol. The summed E-state index contributed by atoms with van der Waals surface area (Å²) in [6.45, 7) is -0.112. The number of benzene rings is 2. The molecule has 0 atom stereocenters. The quantitative estimate of drug-likeness (QED) is 0.694. The smallest absolute Gasteiger partial charge is 0.206 e. The minimum atomic E-state index is -0.112. The number of nitrogens with zero attached hydrogens (tertiary/aromatic N) is 4. The molecule has 0 saturated heterocycles. The molecule has 5 nitrogen and oxygen atoms in total. The van der Waals surface area contributed by atoms with Crippen LogP contribution < -0.4 is 0 Å². The number of rotatable bonds is 1. The lowest BCUT2D eigenvalue weighted by Crippen LogP contribution is -2.22. The predicted octanol–water partition coefficient (Wildman–Crippen LogP) is 2.13. The molecule has 0 radical (unpaired) electrons. The summed E-state index contributed by atoms with van der Waals surface area (Å²) in [6, 6.07) is 12.7. The maximum Gasteiger partial charge on any atom is 0.206 e. The lowest BCUT2D eigenvalue weighted by Gasteiger charge is -2.22. The average molecular weight is 286 g/mol. The van der Waals surface area contributed by atoms with E-state index in [-0.39, 0.29) is 6.61 Å². The van der Waals surface area contributed by atoms with Crippen LogP contribution in [0.3, 0.4) is 0 Å². The molecule has 2 aromatic carbocycles. The van der Waals surface area contributed by atoms with Crippen LogP contribution in [0.1, 0.15) is 27.8 Å². The van der Waals surface area contributed by atoms with E-state index in [1.165, 1.54) is 0 Å². The molecule has 1 aliphatic rings. The molecule has 0 saturated carbocycles. The summed E-state index contributed by atoms with van der Waals surface area (Å²) < 4.78 is 0. The van der Waals surface area contributed by atoms with Crippen LogP contribution in [-0.2, 0) is 6.61 Å². The molecular weight excluding hydrogens is 276 g/mol. The van der Waals surface area contributed by atoms with E-state index in [9.17, 15) is 5.11 Å². The highest BCUT2D eigenvalue weighted by Crippen LogP contribution is 2.29. The molecule has 1 N–H and O–H groups in total. The monoisotopic (exact) mass is 286 g/mol. The molecule has 0 spiro atoms. The van der Waals surface area contributed by atoms with Crippen molar-refractivity contribution in [1.82, 2.24) is 0 Å². The first kappa shape index (κ1) is 13.7. The van der Waals surface area contributed by atoms with E-state index in [2.05, 4.69) is 9.98 Å². The van der Waals surface area contributed by atoms with Crippen LogP contribution in [0.2, 0.25) is 0 Å². The number of hydrogen-bond acceptors (Lipinski definition) is 5. The second-order valence-electron chi connectivity index (χ2n) is 4.70. The minimum Gasteiger partial charge on any atom is -0.392 e. The molecule has 0 fully saturated rings. The van der Waals surface area contributed by atoms with Crippen molar-refractivity contribution < 1.29 is 5.11 Å². The first-order valence-electron chi connectivity index (χ1n) is 6.58. The highest BCUT2D eigenvalue weighted by atomic mass is 16.3. The maximum absolute atomic E-state index is 9.33. The second-order valence-corrected chi connectivity index (χ2v) is 4.70. The number of nitriles is 2. The van der Waals surface area contributed by atoms with Crippen molar-refractivity contribution >= 4 is 11.4 Å². The number of aliphatic hydroxyl groups excluding tert-OH is 1. The lowest BCUT2D eigenvalue weighted by molar-refractivity contribution is 0.282. The van der Waals surface area contributed by atoms with Crippen molar-refractivity contribution in [3.8, 4) is 12.4 Å². The number of hydrogen-bond donors (Lipinski definition) is 1.